The summed E-state index contributed by atoms with van der Waals surface area (Å²) in [7, 11) is 0. The summed E-state index contributed by atoms with van der Waals surface area (Å²) in [6.45, 7) is 0. The van der Waals surface area contributed by atoms with Gasteiger partial charge in [0.1, 0.15) is 5.54 Å². The molecule has 3 heteroatoms. The van der Waals surface area contributed by atoms with Crippen LogP contribution in [0.25, 0.3) is 0 Å². The van der Waals surface area contributed by atoms with E-state index in [4.69, 9.17) is 0 Å². The molecular weight excluding hydrogens is 238 g/mol. The number of carboxylic acid groups (broad SMARTS) is 1. The Bertz CT molecular complexity index is 479. The number of benzene rings is 1. The molecule has 0 bridgehead atoms. The predicted octanol–water partition coefficient (Wildman–Crippen LogP) is 2.84. The summed E-state index contributed by atoms with van der Waals surface area (Å²) in [5.41, 5.74) is 1.32. The number of rotatable bonds is 3. The largest absolute Gasteiger partial charge is 0.480 e. The fourth-order valence-corrected chi connectivity index (χ4v) is 3.64. The van der Waals surface area contributed by atoms with Gasteiger partial charge in [-0.05, 0) is 36.8 Å². The third kappa shape index (κ3) is 2.16. The van der Waals surface area contributed by atoms with Gasteiger partial charge in [0.2, 0.25) is 0 Å². The lowest BCUT2D eigenvalue weighted by molar-refractivity contribution is -0.146. The number of hydrogen-bond acceptors (Lipinski definition) is 2. The maximum atomic E-state index is 11.9. The van der Waals surface area contributed by atoms with Gasteiger partial charge in [0, 0.05) is 6.04 Å². The first kappa shape index (κ1) is 12.7. The van der Waals surface area contributed by atoms with Crippen LogP contribution in [0.15, 0.2) is 24.3 Å². The van der Waals surface area contributed by atoms with E-state index >= 15 is 0 Å². The topological polar surface area (TPSA) is 49.3 Å². The van der Waals surface area contributed by atoms with E-state index in [1.54, 1.807) is 0 Å². The van der Waals surface area contributed by atoms with Crippen LogP contribution >= 0.6 is 0 Å². The Morgan fingerprint density at radius 3 is 2.68 bits per heavy atom. The van der Waals surface area contributed by atoms with Gasteiger partial charge in [-0.1, -0.05) is 43.5 Å². The van der Waals surface area contributed by atoms with Crippen molar-refractivity contribution in [2.75, 3.05) is 0 Å². The maximum absolute atomic E-state index is 11.9. The highest BCUT2D eigenvalue weighted by Gasteiger charge is 2.46. The molecule has 0 radical (unpaired) electrons. The fraction of sp³-hybridized carbons (Fsp3) is 0.562. The molecule has 0 saturated heterocycles. The molecule has 0 aliphatic heterocycles. The van der Waals surface area contributed by atoms with Crippen molar-refractivity contribution in [2.45, 2.75) is 56.5 Å². The summed E-state index contributed by atoms with van der Waals surface area (Å²) >= 11 is 0. The van der Waals surface area contributed by atoms with Crippen LogP contribution in [-0.4, -0.2) is 17.1 Å². The highest BCUT2D eigenvalue weighted by molar-refractivity contribution is 5.82. The normalized spacial score (nSPS) is 27.2. The third-order valence-electron chi connectivity index (χ3n) is 4.67. The maximum Gasteiger partial charge on any atom is 0.328 e. The number of hydrogen-bond donors (Lipinski definition) is 2. The summed E-state index contributed by atoms with van der Waals surface area (Å²) in [4.78, 5) is 11.9. The molecule has 2 N–H and O–H groups in total. The molecule has 0 spiro atoms. The lowest BCUT2D eigenvalue weighted by Crippen LogP contribution is -2.52. The van der Waals surface area contributed by atoms with Gasteiger partial charge in [0.05, 0.1) is 0 Å². The average Bonchev–Trinajstić information content (AvgIpc) is 2.81. The van der Waals surface area contributed by atoms with Crippen molar-refractivity contribution in [3.8, 4) is 0 Å². The van der Waals surface area contributed by atoms with Crippen LogP contribution in [0.2, 0.25) is 0 Å². The van der Waals surface area contributed by atoms with Crippen molar-refractivity contribution in [3.63, 3.8) is 0 Å². The summed E-state index contributed by atoms with van der Waals surface area (Å²) in [5.74, 6) is -0.719. The van der Waals surface area contributed by atoms with Gasteiger partial charge in [0.25, 0.3) is 0 Å². The number of aliphatic carboxylic acids is 1. The zero-order valence-corrected chi connectivity index (χ0v) is 11.2. The summed E-state index contributed by atoms with van der Waals surface area (Å²) in [6, 6.07) is 8.34. The van der Waals surface area contributed by atoms with Gasteiger partial charge in [0.15, 0.2) is 0 Å². The van der Waals surface area contributed by atoms with Gasteiger partial charge in [-0.3, -0.25) is 5.32 Å². The number of fused-ring (bicyclic) bond motifs is 1. The molecule has 1 aromatic carbocycles. The van der Waals surface area contributed by atoms with E-state index in [9.17, 15) is 9.90 Å². The molecule has 3 nitrogen and oxygen atoms in total. The number of carbonyl (C=O) groups is 1. The van der Waals surface area contributed by atoms with E-state index in [0.29, 0.717) is 12.5 Å². The highest BCUT2D eigenvalue weighted by Crippen LogP contribution is 2.38. The van der Waals surface area contributed by atoms with Gasteiger partial charge < -0.3 is 5.11 Å². The lowest BCUT2D eigenvalue weighted by Gasteiger charge is -2.34. The molecule has 0 amide bonds. The third-order valence-corrected chi connectivity index (χ3v) is 4.67. The Balaban J connectivity index is 1.90. The number of nitrogens with one attached hydrogen (secondary N) is 1. The minimum atomic E-state index is -0.849. The molecule has 1 aromatic rings. The molecular formula is C16H21NO2. The minimum Gasteiger partial charge on any atom is -0.480 e. The second-order valence-corrected chi connectivity index (χ2v) is 5.85. The Hall–Kier alpha value is -1.35. The van der Waals surface area contributed by atoms with E-state index < -0.39 is 11.5 Å². The second kappa shape index (κ2) is 4.97. The standard InChI is InChI=1S/C16H21NO2/c18-15(19)16(17-13-7-2-1-3-8-13)11-10-12-6-4-5-9-14(12)16/h4-6,9,13,17H,1-3,7-8,10-11H2,(H,18,19). The Morgan fingerprint density at radius 2 is 1.95 bits per heavy atom. The summed E-state index contributed by atoms with van der Waals surface area (Å²) in [5, 5.41) is 13.3. The smallest absolute Gasteiger partial charge is 0.328 e. The van der Waals surface area contributed by atoms with Crippen LogP contribution in [0.4, 0.5) is 0 Å². The van der Waals surface area contributed by atoms with Crippen molar-refractivity contribution in [2.24, 2.45) is 0 Å². The van der Waals surface area contributed by atoms with Crippen molar-refractivity contribution < 1.29 is 9.90 Å². The monoisotopic (exact) mass is 259 g/mol. The molecule has 1 saturated carbocycles. The Labute approximate surface area is 114 Å². The number of carboxylic acids is 1. The van der Waals surface area contributed by atoms with Crippen LogP contribution < -0.4 is 5.32 Å². The van der Waals surface area contributed by atoms with E-state index in [1.807, 2.05) is 18.2 Å². The molecule has 2 aliphatic rings. The first-order valence-electron chi connectivity index (χ1n) is 7.32. The second-order valence-electron chi connectivity index (χ2n) is 5.85. The molecule has 102 valence electrons. The minimum absolute atomic E-state index is 0.357. The van der Waals surface area contributed by atoms with Crippen LogP contribution in [0.3, 0.4) is 0 Å². The zero-order valence-electron chi connectivity index (χ0n) is 11.2. The van der Waals surface area contributed by atoms with Crippen LogP contribution in [-0.2, 0) is 16.8 Å². The fourth-order valence-electron chi connectivity index (χ4n) is 3.64. The Morgan fingerprint density at radius 1 is 1.21 bits per heavy atom. The molecule has 19 heavy (non-hydrogen) atoms. The Kier molecular flexibility index (Phi) is 3.31. The van der Waals surface area contributed by atoms with Crippen LogP contribution in [0, 0.1) is 0 Å². The molecule has 1 atom stereocenters. The quantitative estimate of drug-likeness (QED) is 0.877. The van der Waals surface area contributed by atoms with Crippen molar-refractivity contribution >= 4 is 5.97 Å². The SMILES string of the molecule is O=C(O)C1(NC2CCCCC2)CCc2ccccc21. The van der Waals surface area contributed by atoms with Gasteiger partial charge >= 0.3 is 5.97 Å². The summed E-state index contributed by atoms with van der Waals surface area (Å²) < 4.78 is 0. The first-order chi connectivity index (χ1) is 9.22. The van der Waals surface area contributed by atoms with E-state index in [-0.39, 0.29) is 0 Å². The van der Waals surface area contributed by atoms with Gasteiger partial charge in [-0.2, -0.15) is 0 Å². The molecule has 1 unspecified atom stereocenters. The van der Waals surface area contributed by atoms with Crippen molar-refractivity contribution in [1.29, 1.82) is 0 Å². The molecule has 0 aromatic heterocycles. The molecule has 2 aliphatic carbocycles. The number of aryl methyl sites for hydroxylation is 1. The average molecular weight is 259 g/mol. The van der Waals surface area contributed by atoms with Crippen molar-refractivity contribution in [3.05, 3.63) is 35.4 Å². The van der Waals surface area contributed by atoms with Crippen molar-refractivity contribution in [1.82, 2.24) is 5.32 Å². The lowest BCUT2D eigenvalue weighted by atomic mass is 9.87. The van der Waals surface area contributed by atoms with Crippen LogP contribution in [0.1, 0.15) is 49.7 Å². The first-order valence-corrected chi connectivity index (χ1v) is 7.32. The van der Waals surface area contributed by atoms with Gasteiger partial charge in [-0.25, -0.2) is 4.79 Å². The summed E-state index contributed by atoms with van der Waals surface area (Å²) in [6.07, 6.45) is 7.48. The van der Waals surface area contributed by atoms with Crippen LogP contribution in [0.5, 0.6) is 0 Å². The van der Waals surface area contributed by atoms with E-state index in [1.165, 1.54) is 24.8 Å². The van der Waals surface area contributed by atoms with E-state index in [0.717, 1.165) is 24.8 Å². The highest BCUT2D eigenvalue weighted by atomic mass is 16.4. The molecule has 1 fully saturated rings. The molecule has 0 heterocycles. The predicted molar refractivity (Wildman–Crippen MR) is 74.1 cm³/mol. The van der Waals surface area contributed by atoms with E-state index in [2.05, 4.69) is 11.4 Å². The zero-order chi connectivity index (χ0) is 13.3. The van der Waals surface area contributed by atoms with Gasteiger partial charge in [-0.15, -0.1) is 0 Å². The molecule has 3 rings (SSSR count).